The molecule has 0 radical (unpaired) electrons. The zero-order chi connectivity index (χ0) is 21.9. The van der Waals surface area contributed by atoms with Crippen LogP contribution in [-0.4, -0.2) is 46.3 Å². The van der Waals surface area contributed by atoms with Crippen LogP contribution in [-0.2, 0) is 12.7 Å². The Hall–Kier alpha value is -3.07. The lowest BCUT2D eigenvalue weighted by Crippen LogP contribution is -2.46. The largest absolute Gasteiger partial charge is 0.478 e. The molecule has 0 aromatic heterocycles. The van der Waals surface area contributed by atoms with Crippen LogP contribution in [0.1, 0.15) is 34.3 Å². The zero-order valence-corrected chi connectivity index (χ0v) is 16.0. The molecule has 30 heavy (non-hydrogen) atoms. The number of likely N-dealkylation sites (tertiary alicyclic amines) is 1. The number of halogens is 3. The molecule has 1 atom stereocenters. The number of carbonyl (C=O) groups excluding carboxylic acids is 1. The lowest BCUT2D eigenvalue weighted by molar-refractivity contribution is -0.137. The topological polar surface area (TPSA) is 81.1 Å². The van der Waals surface area contributed by atoms with E-state index in [1.165, 1.54) is 34.1 Å². The summed E-state index contributed by atoms with van der Waals surface area (Å²) in [5.41, 5.74) is 0.164. The van der Waals surface area contributed by atoms with Crippen LogP contribution >= 0.6 is 0 Å². The number of nitrogens with zero attached hydrogens (tertiary/aromatic N) is 2. The molecule has 1 heterocycles. The monoisotopic (exact) mass is 422 g/mol. The third-order valence-electron chi connectivity index (χ3n) is 5.11. The predicted octanol–water partition coefficient (Wildman–Crippen LogP) is 3.99. The number of carbonyl (C=O) groups is 2. The van der Waals surface area contributed by atoms with E-state index < -0.39 is 23.7 Å². The Morgan fingerprint density at radius 3 is 2.23 bits per heavy atom. The average molecular weight is 422 g/mol. The molecule has 0 saturated carbocycles. The van der Waals surface area contributed by atoms with Crippen LogP contribution in [0.4, 0.5) is 23.7 Å². The van der Waals surface area contributed by atoms with E-state index in [0.29, 0.717) is 18.5 Å². The lowest BCUT2D eigenvalue weighted by Gasteiger charge is -2.31. The van der Waals surface area contributed by atoms with Gasteiger partial charge in [0.1, 0.15) is 0 Å². The Morgan fingerprint density at radius 1 is 1.07 bits per heavy atom. The molecule has 2 aromatic rings. The second-order valence-electron chi connectivity index (χ2n) is 7.09. The molecule has 1 aliphatic heterocycles. The van der Waals surface area contributed by atoms with Crippen LogP contribution in [0, 0.1) is 0 Å². The Bertz CT molecular complexity index is 898. The Kier molecular flexibility index (Phi) is 6.31. The van der Waals surface area contributed by atoms with Gasteiger partial charge in [0.25, 0.3) is 0 Å². The third kappa shape index (κ3) is 4.73. The number of aliphatic hydroxyl groups is 1. The van der Waals surface area contributed by atoms with Crippen LogP contribution in [0.2, 0.25) is 0 Å². The maximum Gasteiger partial charge on any atom is 0.416 e. The van der Waals surface area contributed by atoms with Gasteiger partial charge in [-0.1, -0.05) is 12.1 Å². The average Bonchev–Trinajstić information content (AvgIpc) is 3.20. The van der Waals surface area contributed by atoms with Crippen molar-refractivity contribution in [3.05, 3.63) is 65.2 Å². The first-order chi connectivity index (χ1) is 14.2. The van der Waals surface area contributed by atoms with Crippen LogP contribution in [0.3, 0.4) is 0 Å². The molecular weight excluding hydrogens is 401 g/mol. The summed E-state index contributed by atoms with van der Waals surface area (Å²) in [5.74, 6) is -1.08. The number of carboxylic acids is 1. The number of benzene rings is 2. The molecule has 9 heteroatoms. The van der Waals surface area contributed by atoms with Gasteiger partial charge >= 0.3 is 18.2 Å². The fourth-order valence-corrected chi connectivity index (χ4v) is 3.47. The number of carboxylic acid groups (broad SMARTS) is 1. The van der Waals surface area contributed by atoms with Crippen molar-refractivity contribution in [2.45, 2.75) is 31.6 Å². The number of alkyl halides is 3. The van der Waals surface area contributed by atoms with Crippen LogP contribution in [0.5, 0.6) is 0 Å². The molecule has 160 valence electrons. The summed E-state index contributed by atoms with van der Waals surface area (Å²) in [6.45, 7) is 0.289. The van der Waals surface area contributed by atoms with Crippen LogP contribution < -0.4 is 4.90 Å². The quantitative estimate of drug-likeness (QED) is 0.764. The van der Waals surface area contributed by atoms with Gasteiger partial charge in [-0.05, 0) is 54.8 Å². The summed E-state index contributed by atoms with van der Waals surface area (Å²) in [6.07, 6.45) is -3.11. The number of hydrogen-bond donors (Lipinski definition) is 2. The zero-order valence-electron chi connectivity index (χ0n) is 16.0. The Labute approximate surface area is 171 Å². The molecule has 2 N–H and O–H groups in total. The highest BCUT2D eigenvalue weighted by Gasteiger charge is 2.33. The van der Waals surface area contributed by atoms with E-state index in [0.717, 1.165) is 18.6 Å². The number of urea groups is 1. The third-order valence-corrected chi connectivity index (χ3v) is 5.11. The summed E-state index contributed by atoms with van der Waals surface area (Å²) < 4.78 is 38.7. The van der Waals surface area contributed by atoms with Gasteiger partial charge in [0, 0.05) is 12.2 Å². The summed E-state index contributed by atoms with van der Waals surface area (Å²) >= 11 is 0. The van der Waals surface area contributed by atoms with Gasteiger partial charge in [0.2, 0.25) is 0 Å². The second kappa shape index (κ2) is 8.74. The first-order valence-electron chi connectivity index (χ1n) is 9.39. The van der Waals surface area contributed by atoms with Crippen molar-refractivity contribution in [3.8, 4) is 0 Å². The van der Waals surface area contributed by atoms with Gasteiger partial charge in [0.15, 0.2) is 0 Å². The van der Waals surface area contributed by atoms with Crippen LogP contribution in [0.15, 0.2) is 48.5 Å². The van der Waals surface area contributed by atoms with Gasteiger partial charge in [-0.3, -0.25) is 4.90 Å². The minimum absolute atomic E-state index is 0.0404. The van der Waals surface area contributed by atoms with Gasteiger partial charge in [-0.15, -0.1) is 0 Å². The second-order valence-corrected chi connectivity index (χ2v) is 7.09. The number of aromatic carboxylic acids is 1. The van der Waals surface area contributed by atoms with Crippen molar-refractivity contribution in [1.82, 2.24) is 4.90 Å². The predicted molar refractivity (Wildman–Crippen MR) is 103 cm³/mol. The minimum atomic E-state index is -4.49. The van der Waals surface area contributed by atoms with E-state index in [4.69, 9.17) is 5.11 Å². The fraction of sp³-hybridized carbons (Fsp3) is 0.333. The molecule has 2 aromatic carbocycles. The Balaban J connectivity index is 1.91. The Morgan fingerprint density at radius 2 is 1.70 bits per heavy atom. The summed E-state index contributed by atoms with van der Waals surface area (Å²) in [6, 6.07) is 9.44. The molecule has 3 rings (SSSR count). The summed E-state index contributed by atoms with van der Waals surface area (Å²) in [5, 5.41) is 18.6. The van der Waals surface area contributed by atoms with E-state index in [1.807, 2.05) is 0 Å². The number of hydrogen-bond acceptors (Lipinski definition) is 3. The maximum absolute atomic E-state index is 13.2. The first-order valence-corrected chi connectivity index (χ1v) is 9.39. The molecule has 0 spiro atoms. The number of amides is 2. The van der Waals surface area contributed by atoms with Crippen molar-refractivity contribution >= 4 is 17.7 Å². The molecule has 1 saturated heterocycles. The van der Waals surface area contributed by atoms with Crippen molar-refractivity contribution < 1.29 is 33.0 Å². The number of rotatable bonds is 5. The van der Waals surface area contributed by atoms with Crippen molar-refractivity contribution in [3.63, 3.8) is 0 Å². The molecule has 0 bridgehead atoms. The van der Waals surface area contributed by atoms with Crippen LogP contribution in [0.25, 0.3) is 0 Å². The first kappa shape index (κ1) is 21.6. The lowest BCUT2D eigenvalue weighted by atomic mass is 10.1. The van der Waals surface area contributed by atoms with Crippen molar-refractivity contribution in [1.29, 1.82) is 0 Å². The van der Waals surface area contributed by atoms with E-state index in [-0.39, 0.29) is 30.4 Å². The number of aliphatic hydroxyl groups excluding tert-OH is 1. The van der Waals surface area contributed by atoms with Gasteiger partial charge < -0.3 is 15.1 Å². The molecular formula is C21H21F3N2O4. The van der Waals surface area contributed by atoms with Crippen molar-refractivity contribution in [2.24, 2.45) is 0 Å². The smallest absolute Gasteiger partial charge is 0.416 e. The van der Waals surface area contributed by atoms with E-state index in [1.54, 1.807) is 12.1 Å². The molecule has 0 unspecified atom stereocenters. The SMILES string of the molecule is O=C(O)c1ccc(CN(C(=O)N2CCC[C@@H]2CO)c2ccc(C(F)(F)F)cc2)cc1. The molecule has 0 aliphatic carbocycles. The minimum Gasteiger partial charge on any atom is -0.478 e. The standard InChI is InChI=1S/C21H21F3N2O4/c22-21(23,24)16-7-9-17(10-8-16)26(20(30)25-11-1-2-18(25)13-27)12-14-3-5-15(6-4-14)19(28)29/h3-10,18,27H,1-2,11-13H2,(H,28,29)/t18-/m1/s1. The summed E-state index contributed by atoms with van der Waals surface area (Å²) in [7, 11) is 0. The molecule has 1 fully saturated rings. The van der Waals surface area contributed by atoms with E-state index in [2.05, 4.69) is 0 Å². The highest BCUT2D eigenvalue weighted by molar-refractivity contribution is 5.92. The number of anilines is 1. The van der Waals surface area contributed by atoms with E-state index in [9.17, 15) is 27.9 Å². The van der Waals surface area contributed by atoms with Gasteiger partial charge in [0.05, 0.1) is 30.3 Å². The maximum atomic E-state index is 13.2. The molecule has 2 amide bonds. The van der Waals surface area contributed by atoms with E-state index >= 15 is 0 Å². The molecule has 6 nitrogen and oxygen atoms in total. The molecule has 1 aliphatic rings. The fourth-order valence-electron chi connectivity index (χ4n) is 3.47. The van der Waals surface area contributed by atoms with Gasteiger partial charge in [-0.25, -0.2) is 9.59 Å². The van der Waals surface area contributed by atoms with Crippen molar-refractivity contribution in [2.75, 3.05) is 18.1 Å². The highest BCUT2D eigenvalue weighted by atomic mass is 19.4. The van der Waals surface area contributed by atoms with Gasteiger partial charge in [-0.2, -0.15) is 13.2 Å². The summed E-state index contributed by atoms with van der Waals surface area (Å²) in [4.78, 5) is 27.1. The highest BCUT2D eigenvalue weighted by Crippen LogP contribution is 2.31. The normalized spacial score (nSPS) is 16.5.